The second kappa shape index (κ2) is 12.4. The lowest BCUT2D eigenvalue weighted by Gasteiger charge is -2.12. The van der Waals surface area contributed by atoms with E-state index < -0.39 is 17.9 Å². The zero-order valence-corrected chi connectivity index (χ0v) is 18.0. The van der Waals surface area contributed by atoms with Crippen LogP contribution >= 0.6 is 0 Å². The minimum Gasteiger partial charge on any atom is -0.462 e. The predicted octanol–water partition coefficient (Wildman–Crippen LogP) is 5.06. The molecule has 0 fully saturated rings. The molecule has 0 aliphatic carbocycles. The van der Waals surface area contributed by atoms with Crippen LogP contribution in [0.5, 0.6) is 0 Å². The van der Waals surface area contributed by atoms with Crippen molar-refractivity contribution in [3.8, 4) is 0 Å². The van der Waals surface area contributed by atoms with Crippen molar-refractivity contribution in [1.29, 1.82) is 0 Å². The number of esters is 3. The van der Waals surface area contributed by atoms with Crippen molar-refractivity contribution < 1.29 is 28.6 Å². The van der Waals surface area contributed by atoms with Crippen LogP contribution in [0.3, 0.4) is 0 Å². The average molecular weight is 414 g/mol. The lowest BCUT2D eigenvalue weighted by molar-refractivity contribution is 0.0459. The first-order valence-electron chi connectivity index (χ1n) is 9.70. The summed E-state index contributed by atoms with van der Waals surface area (Å²) in [4.78, 5) is 37.3. The lowest BCUT2D eigenvalue weighted by atomic mass is 10.0. The van der Waals surface area contributed by atoms with E-state index in [9.17, 15) is 14.4 Å². The van der Waals surface area contributed by atoms with Crippen molar-refractivity contribution in [2.45, 2.75) is 40.0 Å². The van der Waals surface area contributed by atoms with Crippen molar-refractivity contribution in [2.24, 2.45) is 0 Å². The number of rotatable bonds is 12. The van der Waals surface area contributed by atoms with Crippen molar-refractivity contribution in [3.05, 3.63) is 71.3 Å². The van der Waals surface area contributed by atoms with Gasteiger partial charge in [-0.15, -0.1) is 19.7 Å². The highest BCUT2D eigenvalue weighted by molar-refractivity contribution is 6.05. The Balaban J connectivity index is 3.04. The Hall–Kier alpha value is -3.15. The molecule has 0 amide bonds. The maximum absolute atomic E-state index is 12.6. The van der Waals surface area contributed by atoms with Gasteiger partial charge in [-0.3, -0.25) is 0 Å². The maximum Gasteiger partial charge on any atom is 0.339 e. The number of benzene rings is 1. The van der Waals surface area contributed by atoms with Crippen LogP contribution in [0.25, 0.3) is 0 Å². The van der Waals surface area contributed by atoms with Crippen molar-refractivity contribution in [2.75, 3.05) is 19.8 Å². The van der Waals surface area contributed by atoms with Crippen LogP contribution < -0.4 is 0 Å². The van der Waals surface area contributed by atoms with Gasteiger partial charge in [0.05, 0.1) is 36.5 Å². The molecule has 0 atom stereocenters. The molecule has 1 rings (SSSR count). The van der Waals surface area contributed by atoms with Crippen LogP contribution in [-0.2, 0) is 14.2 Å². The summed E-state index contributed by atoms with van der Waals surface area (Å²) >= 11 is 0. The molecule has 1 aromatic rings. The van der Waals surface area contributed by atoms with Gasteiger partial charge in [0, 0.05) is 19.3 Å². The summed E-state index contributed by atoms with van der Waals surface area (Å²) in [5, 5.41) is 0. The first-order chi connectivity index (χ1) is 14.1. The minimum absolute atomic E-state index is 0.0236. The molecule has 1 aromatic carbocycles. The van der Waals surface area contributed by atoms with Crippen LogP contribution in [0.1, 0.15) is 71.1 Å². The molecule has 0 aliphatic rings. The maximum atomic E-state index is 12.6. The van der Waals surface area contributed by atoms with E-state index in [0.717, 1.165) is 16.7 Å². The fourth-order valence-electron chi connectivity index (χ4n) is 2.21. The van der Waals surface area contributed by atoms with E-state index in [0.29, 0.717) is 19.3 Å². The zero-order valence-electron chi connectivity index (χ0n) is 18.0. The smallest absolute Gasteiger partial charge is 0.339 e. The number of hydrogen-bond donors (Lipinski definition) is 0. The molecule has 0 unspecified atom stereocenters. The van der Waals surface area contributed by atoms with Gasteiger partial charge in [0.1, 0.15) is 0 Å². The molecule has 0 radical (unpaired) electrons. The first-order valence-corrected chi connectivity index (χ1v) is 9.70. The quantitative estimate of drug-likeness (QED) is 0.270. The largest absolute Gasteiger partial charge is 0.462 e. The van der Waals surface area contributed by atoms with E-state index in [1.807, 2.05) is 20.8 Å². The van der Waals surface area contributed by atoms with Crippen LogP contribution in [0.4, 0.5) is 0 Å². The fraction of sp³-hybridized carbons (Fsp3) is 0.375. The molecule has 0 aliphatic heterocycles. The Kier molecular flexibility index (Phi) is 10.3. The summed E-state index contributed by atoms with van der Waals surface area (Å²) in [6, 6.07) is 4.08. The third kappa shape index (κ3) is 8.90. The second-order valence-corrected chi connectivity index (χ2v) is 7.29. The van der Waals surface area contributed by atoms with Crippen molar-refractivity contribution in [1.82, 2.24) is 0 Å². The van der Waals surface area contributed by atoms with Crippen molar-refractivity contribution >= 4 is 17.9 Å². The molecular weight excluding hydrogens is 384 g/mol. The van der Waals surface area contributed by atoms with E-state index in [-0.39, 0.29) is 36.5 Å². The molecule has 0 spiro atoms. The fourth-order valence-corrected chi connectivity index (χ4v) is 2.21. The number of carbonyl (C=O) groups excluding carboxylic acids is 3. The SMILES string of the molecule is C=C(C)CCOC(=O)c1ccc(C(=O)OCCC(=C)C)c(C(=O)OCCC(=C)C)c1. The van der Waals surface area contributed by atoms with Gasteiger partial charge in [-0.05, 0) is 39.0 Å². The van der Waals surface area contributed by atoms with Gasteiger partial charge in [-0.25, -0.2) is 14.4 Å². The van der Waals surface area contributed by atoms with Gasteiger partial charge in [-0.2, -0.15) is 0 Å². The Morgan fingerprint density at radius 2 is 1.07 bits per heavy atom. The van der Waals surface area contributed by atoms with E-state index >= 15 is 0 Å². The van der Waals surface area contributed by atoms with E-state index in [4.69, 9.17) is 14.2 Å². The van der Waals surface area contributed by atoms with Gasteiger partial charge in [-0.1, -0.05) is 16.7 Å². The highest BCUT2D eigenvalue weighted by Crippen LogP contribution is 2.17. The number of hydrogen-bond acceptors (Lipinski definition) is 6. The molecule has 0 aromatic heterocycles. The van der Waals surface area contributed by atoms with Crippen LogP contribution in [0.15, 0.2) is 54.7 Å². The third-order valence-corrected chi connectivity index (χ3v) is 3.98. The molecule has 0 bridgehead atoms. The monoisotopic (exact) mass is 414 g/mol. The van der Waals surface area contributed by atoms with Crippen LogP contribution in [0, 0.1) is 0 Å². The molecule has 0 N–H and O–H groups in total. The Labute approximate surface area is 178 Å². The average Bonchev–Trinajstić information content (AvgIpc) is 2.66. The lowest BCUT2D eigenvalue weighted by Crippen LogP contribution is -2.17. The summed E-state index contributed by atoms with van der Waals surface area (Å²) in [5.74, 6) is -2.00. The predicted molar refractivity (Wildman–Crippen MR) is 116 cm³/mol. The topological polar surface area (TPSA) is 78.9 Å². The van der Waals surface area contributed by atoms with E-state index in [1.54, 1.807) is 0 Å². The van der Waals surface area contributed by atoms with Gasteiger partial charge in [0.25, 0.3) is 0 Å². The number of ether oxygens (including phenoxy) is 3. The van der Waals surface area contributed by atoms with E-state index in [1.165, 1.54) is 18.2 Å². The molecular formula is C24H30O6. The summed E-state index contributed by atoms with van der Waals surface area (Å²) in [7, 11) is 0. The Morgan fingerprint density at radius 3 is 1.50 bits per heavy atom. The Bertz CT molecular complexity index is 834. The standard InChI is InChI=1S/C24H30O6/c1-16(2)9-12-28-22(25)19-7-8-20(23(26)29-13-10-17(3)4)21(15-19)24(27)30-14-11-18(5)6/h7-8,15H,1,3,5,9-14H2,2,4,6H3. The summed E-state index contributed by atoms with van der Waals surface area (Å²) in [6.07, 6.45) is 1.54. The highest BCUT2D eigenvalue weighted by atomic mass is 16.5. The molecule has 30 heavy (non-hydrogen) atoms. The first kappa shape index (κ1) is 24.9. The highest BCUT2D eigenvalue weighted by Gasteiger charge is 2.22. The number of carbonyl (C=O) groups is 3. The molecule has 162 valence electrons. The summed E-state index contributed by atoms with van der Waals surface area (Å²) in [5.41, 5.74) is 2.73. The summed E-state index contributed by atoms with van der Waals surface area (Å²) < 4.78 is 15.6. The summed E-state index contributed by atoms with van der Waals surface area (Å²) in [6.45, 7) is 17.2. The molecule has 6 heteroatoms. The normalized spacial score (nSPS) is 10.1. The molecule has 0 saturated carbocycles. The van der Waals surface area contributed by atoms with Gasteiger partial charge in [0.15, 0.2) is 0 Å². The Morgan fingerprint density at radius 1 is 0.667 bits per heavy atom. The second-order valence-electron chi connectivity index (χ2n) is 7.29. The van der Waals surface area contributed by atoms with Crippen LogP contribution in [0.2, 0.25) is 0 Å². The van der Waals surface area contributed by atoms with Gasteiger partial charge in [0.2, 0.25) is 0 Å². The molecule has 0 heterocycles. The minimum atomic E-state index is -0.723. The molecule has 6 nitrogen and oxygen atoms in total. The van der Waals surface area contributed by atoms with E-state index in [2.05, 4.69) is 19.7 Å². The van der Waals surface area contributed by atoms with Gasteiger partial charge < -0.3 is 14.2 Å². The zero-order chi connectivity index (χ0) is 22.7. The van der Waals surface area contributed by atoms with Crippen molar-refractivity contribution in [3.63, 3.8) is 0 Å². The van der Waals surface area contributed by atoms with Gasteiger partial charge >= 0.3 is 17.9 Å². The third-order valence-electron chi connectivity index (χ3n) is 3.98. The molecule has 0 saturated heterocycles. The van der Waals surface area contributed by atoms with Crippen LogP contribution in [-0.4, -0.2) is 37.7 Å².